The molecule has 0 radical (unpaired) electrons. The second-order valence-electron chi connectivity index (χ2n) is 6.81. The number of nitrogens with zero attached hydrogens (tertiary/aromatic N) is 1. The lowest BCUT2D eigenvalue weighted by Gasteiger charge is -2.44. The summed E-state index contributed by atoms with van der Waals surface area (Å²) in [6, 6.07) is 0. The molecule has 0 amide bonds. The summed E-state index contributed by atoms with van der Waals surface area (Å²) in [4.78, 5) is 2.83. The summed E-state index contributed by atoms with van der Waals surface area (Å²) in [7, 11) is 0. The summed E-state index contributed by atoms with van der Waals surface area (Å²) < 4.78 is 0. The van der Waals surface area contributed by atoms with Crippen LogP contribution < -0.4 is 0 Å². The predicted molar refractivity (Wildman–Crippen MR) is 86.7 cm³/mol. The molecule has 0 N–H and O–H groups in total. The molecule has 1 nitrogen and oxygen atoms in total. The molecule has 1 rings (SSSR count). The lowest BCUT2D eigenvalue weighted by molar-refractivity contribution is 0.0607. The van der Waals surface area contributed by atoms with Crippen molar-refractivity contribution in [2.75, 3.05) is 13.1 Å². The van der Waals surface area contributed by atoms with Gasteiger partial charge in [-0.25, -0.2) is 0 Å². The molecule has 0 aromatic rings. The van der Waals surface area contributed by atoms with Gasteiger partial charge in [-0.3, -0.25) is 4.90 Å². The minimum absolute atomic E-state index is 0.503. The lowest BCUT2D eigenvalue weighted by atomic mass is 9.85. The van der Waals surface area contributed by atoms with Gasteiger partial charge < -0.3 is 0 Å². The van der Waals surface area contributed by atoms with Crippen LogP contribution in [0.25, 0.3) is 0 Å². The summed E-state index contributed by atoms with van der Waals surface area (Å²) in [5, 5.41) is 0. The Balaban J connectivity index is 2.44. The maximum atomic E-state index is 2.83. The average molecular weight is 268 g/mol. The number of rotatable bonds is 10. The Morgan fingerprint density at radius 1 is 0.737 bits per heavy atom. The Kier molecular flexibility index (Phi) is 8.77. The zero-order valence-electron chi connectivity index (χ0n) is 13.8. The third-order valence-electron chi connectivity index (χ3n) is 5.01. The van der Waals surface area contributed by atoms with Gasteiger partial charge in [0.15, 0.2) is 0 Å². The molecule has 0 aliphatic carbocycles. The van der Waals surface area contributed by atoms with Crippen LogP contribution in [0.4, 0.5) is 0 Å². The van der Waals surface area contributed by atoms with Gasteiger partial charge >= 0.3 is 0 Å². The van der Waals surface area contributed by atoms with Gasteiger partial charge in [0.05, 0.1) is 0 Å². The molecule has 1 saturated heterocycles. The van der Waals surface area contributed by atoms with Crippen molar-refractivity contribution in [3.63, 3.8) is 0 Å². The molecule has 1 aliphatic heterocycles. The van der Waals surface area contributed by atoms with Crippen LogP contribution in [-0.4, -0.2) is 23.5 Å². The van der Waals surface area contributed by atoms with Crippen molar-refractivity contribution in [3.8, 4) is 0 Å². The molecule has 1 atom stereocenters. The lowest BCUT2D eigenvalue weighted by Crippen LogP contribution is -2.48. The standard InChI is InChI=1S/C18H37N/c1-4-6-8-11-15-18(3,14-10-7-5-2)19-16-12-9-13-17-19/h4-17H2,1-3H3. The van der Waals surface area contributed by atoms with Gasteiger partial charge in [0.2, 0.25) is 0 Å². The molecular weight excluding hydrogens is 230 g/mol. The number of hydrogen-bond acceptors (Lipinski definition) is 1. The summed E-state index contributed by atoms with van der Waals surface area (Å²) >= 11 is 0. The van der Waals surface area contributed by atoms with Crippen LogP contribution in [0.1, 0.15) is 97.8 Å². The molecular formula is C18H37N. The van der Waals surface area contributed by atoms with Gasteiger partial charge in [0, 0.05) is 5.54 Å². The molecule has 1 heteroatoms. The fourth-order valence-corrected chi connectivity index (χ4v) is 3.56. The van der Waals surface area contributed by atoms with E-state index in [1.807, 2.05) is 0 Å². The van der Waals surface area contributed by atoms with Crippen molar-refractivity contribution in [3.05, 3.63) is 0 Å². The Labute approximate surface area is 122 Å². The topological polar surface area (TPSA) is 3.24 Å². The highest BCUT2D eigenvalue weighted by Gasteiger charge is 2.31. The molecule has 114 valence electrons. The summed E-state index contributed by atoms with van der Waals surface area (Å²) in [6.45, 7) is 9.90. The van der Waals surface area contributed by atoms with E-state index in [9.17, 15) is 0 Å². The normalized spacial score (nSPS) is 20.4. The highest BCUT2D eigenvalue weighted by atomic mass is 15.2. The van der Waals surface area contributed by atoms with Crippen LogP contribution in [0, 0.1) is 0 Å². The molecule has 1 heterocycles. The Bertz CT molecular complexity index is 208. The van der Waals surface area contributed by atoms with Crippen LogP contribution in [0.2, 0.25) is 0 Å². The second-order valence-corrected chi connectivity index (χ2v) is 6.81. The van der Waals surface area contributed by atoms with E-state index < -0.39 is 0 Å². The van der Waals surface area contributed by atoms with Gasteiger partial charge in [-0.2, -0.15) is 0 Å². The zero-order chi connectivity index (χ0) is 14.0. The van der Waals surface area contributed by atoms with Crippen LogP contribution in [-0.2, 0) is 0 Å². The van der Waals surface area contributed by atoms with E-state index in [4.69, 9.17) is 0 Å². The van der Waals surface area contributed by atoms with Gasteiger partial charge in [0.1, 0.15) is 0 Å². The highest BCUT2D eigenvalue weighted by molar-refractivity contribution is 4.87. The Morgan fingerprint density at radius 2 is 1.26 bits per heavy atom. The Morgan fingerprint density at radius 3 is 1.84 bits per heavy atom. The van der Waals surface area contributed by atoms with E-state index in [1.165, 1.54) is 90.1 Å². The SMILES string of the molecule is CCCCCCC(C)(CCCCC)N1CCCCC1. The van der Waals surface area contributed by atoms with E-state index in [2.05, 4.69) is 25.7 Å². The van der Waals surface area contributed by atoms with Crippen molar-refractivity contribution in [2.24, 2.45) is 0 Å². The van der Waals surface area contributed by atoms with Crippen molar-refractivity contribution in [1.82, 2.24) is 4.90 Å². The molecule has 1 fully saturated rings. The maximum Gasteiger partial charge on any atom is 0.0181 e. The number of hydrogen-bond donors (Lipinski definition) is 0. The zero-order valence-corrected chi connectivity index (χ0v) is 13.8. The molecule has 0 aromatic carbocycles. The fourth-order valence-electron chi connectivity index (χ4n) is 3.56. The summed E-state index contributed by atoms with van der Waals surface area (Å²) in [6.07, 6.45) is 17.0. The van der Waals surface area contributed by atoms with Gasteiger partial charge in [0.25, 0.3) is 0 Å². The van der Waals surface area contributed by atoms with E-state index in [-0.39, 0.29) is 0 Å². The number of likely N-dealkylation sites (tertiary alicyclic amines) is 1. The molecule has 0 saturated carbocycles. The smallest absolute Gasteiger partial charge is 0.0181 e. The minimum atomic E-state index is 0.503. The maximum absolute atomic E-state index is 2.83. The van der Waals surface area contributed by atoms with Gasteiger partial charge in [-0.05, 0) is 45.7 Å². The molecule has 0 bridgehead atoms. The quantitative estimate of drug-likeness (QED) is 0.453. The predicted octanol–water partition coefficient (Wildman–Crippen LogP) is 5.78. The van der Waals surface area contributed by atoms with E-state index >= 15 is 0 Å². The van der Waals surface area contributed by atoms with E-state index in [1.54, 1.807) is 0 Å². The fraction of sp³-hybridized carbons (Fsp3) is 1.00. The first-order valence-electron chi connectivity index (χ1n) is 8.98. The Hall–Kier alpha value is -0.0400. The van der Waals surface area contributed by atoms with Crippen LogP contribution >= 0.6 is 0 Å². The summed E-state index contributed by atoms with van der Waals surface area (Å²) in [5.41, 5.74) is 0.503. The van der Waals surface area contributed by atoms with E-state index in [0.29, 0.717) is 5.54 Å². The van der Waals surface area contributed by atoms with Gasteiger partial charge in [-0.15, -0.1) is 0 Å². The number of piperidine rings is 1. The molecule has 19 heavy (non-hydrogen) atoms. The van der Waals surface area contributed by atoms with Crippen LogP contribution in [0.3, 0.4) is 0 Å². The van der Waals surface area contributed by atoms with Crippen molar-refractivity contribution in [1.29, 1.82) is 0 Å². The minimum Gasteiger partial charge on any atom is -0.298 e. The second kappa shape index (κ2) is 9.80. The first-order chi connectivity index (χ1) is 9.23. The van der Waals surface area contributed by atoms with E-state index in [0.717, 1.165) is 0 Å². The van der Waals surface area contributed by atoms with Crippen molar-refractivity contribution >= 4 is 0 Å². The molecule has 1 unspecified atom stereocenters. The van der Waals surface area contributed by atoms with Crippen molar-refractivity contribution < 1.29 is 0 Å². The summed E-state index contributed by atoms with van der Waals surface area (Å²) in [5.74, 6) is 0. The molecule has 1 aliphatic rings. The monoisotopic (exact) mass is 267 g/mol. The van der Waals surface area contributed by atoms with Crippen LogP contribution in [0.15, 0.2) is 0 Å². The first kappa shape index (κ1) is 17.0. The highest BCUT2D eigenvalue weighted by Crippen LogP contribution is 2.31. The van der Waals surface area contributed by atoms with Crippen LogP contribution in [0.5, 0.6) is 0 Å². The third-order valence-corrected chi connectivity index (χ3v) is 5.01. The largest absolute Gasteiger partial charge is 0.298 e. The number of unbranched alkanes of at least 4 members (excludes halogenated alkanes) is 5. The molecule has 0 spiro atoms. The average Bonchev–Trinajstić information content (AvgIpc) is 2.45. The third kappa shape index (κ3) is 6.29. The van der Waals surface area contributed by atoms with Gasteiger partial charge in [-0.1, -0.05) is 65.2 Å². The molecule has 0 aromatic heterocycles. The first-order valence-corrected chi connectivity index (χ1v) is 8.98. The van der Waals surface area contributed by atoms with Crippen molar-refractivity contribution in [2.45, 2.75) is 103 Å².